The van der Waals surface area contributed by atoms with Crippen LogP contribution in [-0.4, -0.2) is 31.2 Å². The molecule has 0 saturated heterocycles. The van der Waals surface area contributed by atoms with Gasteiger partial charge in [0.2, 0.25) is 5.82 Å². The Balaban J connectivity index is 1.35. The van der Waals surface area contributed by atoms with Gasteiger partial charge in [0.1, 0.15) is 11.6 Å². The fourth-order valence-electron chi connectivity index (χ4n) is 3.27. The van der Waals surface area contributed by atoms with Crippen molar-refractivity contribution in [2.75, 3.05) is 5.32 Å². The first-order chi connectivity index (χ1) is 16.1. The van der Waals surface area contributed by atoms with Crippen molar-refractivity contribution < 1.29 is 13.7 Å². The van der Waals surface area contributed by atoms with Gasteiger partial charge in [-0.05, 0) is 43.3 Å². The van der Waals surface area contributed by atoms with E-state index in [4.69, 9.17) is 4.52 Å². The maximum atomic E-state index is 13.9. The molecule has 0 aliphatic rings. The summed E-state index contributed by atoms with van der Waals surface area (Å²) in [5, 5.41) is 13.7. The molecule has 0 unspecified atom stereocenters. The molecule has 0 radical (unpaired) electrons. The van der Waals surface area contributed by atoms with Gasteiger partial charge in [-0.15, -0.1) is 0 Å². The lowest BCUT2D eigenvalue weighted by molar-refractivity contribution is 0.102. The van der Waals surface area contributed by atoms with E-state index in [1.807, 2.05) is 31.2 Å². The Bertz CT molecular complexity index is 1440. The van der Waals surface area contributed by atoms with Crippen LogP contribution in [-0.2, 0) is 0 Å². The monoisotopic (exact) mass is 440 g/mol. The number of aromatic amines is 1. The molecule has 0 fully saturated rings. The molecule has 1 amide bonds. The highest BCUT2D eigenvalue weighted by molar-refractivity contribution is 6.04. The van der Waals surface area contributed by atoms with Crippen LogP contribution in [0.2, 0.25) is 0 Å². The highest BCUT2D eigenvalue weighted by atomic mass is 19.1. The van der Waals surface area contributed by atoms with E-state index in [2.05, 4.69) is 30.6 Å². The molecule has 2 aromatic heterocycles. The normalized spacial score (nSPS) is 10.8. The second-order valence-electron chi connectivity index (χ2n) is 7.26. The van der Waals surface area contributed by atoms with E-state index < -0.39 is 11.7 Å². The molecule has 0 spiro atoms. The van der Waals surface area contributed by atoms with Crippen LogP contribution in [0, 0.1) is 12.7 Å². The second-order valence-corrected chi connectivity index (χ2v) is 7.26. The van der Waals surface area contributed by atoms with Crippen LogP contribution in [0.15, 0.2) is 77.3 Å². The van der Waals surface area contributed by atoms with E-state index in [1.54, 1.807) is 30.3 Å². The number of H-pyrrole nitrogens is 1. The molecule has 0 aliphatic heterocycles. The van der Waals surface area contributed by atoms with E-state index in [0.29, 0.717) is 28.8 Å². The van der Waals surface area contributed by atoms with Gasteiger partial charge in [0.25, 0.3) is 11.8 Å². The van der Waals surface area contributed by atoms with Gasteiger partial charge >= 0.3 is 0 Å². The van der Waals surface area contributed by atoms with Crippen molar-refractivity contribution in [2.24, 2.45) is 0 Å². The van der Waals surface area contributed by atoms with Crippen molar-refractivity contribution in [3.8, 4) is 34.2 Å². The molecule has 162 valence electrons. The number of aryl methyl sites for hydroxylation is 1. The third-order valence-corrected chi connectivity index (χ3v) is 4.91. The van der Waals surface area contributed by atoms with E-state index >= 15 is 0 Å². The van der Waals surface area contributed by atoms with Gasteiger partial charge in [-0.2, -0.15) is 10.1 Å². The Labute approximate surface area is 187 Å². The maximum Gasteiger partial charge on any atom is 0.258 e. The van der Waals surface area contributed by atoms with E-state index in [9.17, 15) is 9.18 Å². The summed E-state index contributed by atoms with van der Waals surface area (Å²) in [6.07, 6.45) is 0. The zero-order valence-corrected chi connectivity index (χ0v) is 17.4. The number of hydrogen-bond donors (Lipinski definition) is 2. The quantitative estimate of drug-likeness (QED) is 0.403. The number of amides is 1. The average molecular weight is 440 g/mol. The number of aromatic nitrogens is 5. The molecule has 0 saturated carbocycles. The number of halogens is 1. The number of hydrogen-bond acceptors (Lipinski definition) is 6. The highest BCUT2D eigenvalue weighted by Gasteiger charge is 2.14. The first-order valence-electron chi connectivity index (χ1n) is 10.1. The Hall–Kier alpha value is -4.66. The van der Waals surface area contributed by atoms with Gasteiger partial charge in [-0.1, -0.05) is 41.6 Å². The molecule has 2 heterocycles. The summed E-state index contributed by atoms with van der Waals surface area (Å²) in [4.78, 5) is 21.2. The van der Waals surface area contributed by atoms with E-state index in [1.165, 1.54) is 18.2 Å². The SMILES string of the molecule is Cc1nc(-c2ccc(-c3nc(-c4cccc(NC(=O)c5ccccc5F)c4)no3)cc2)n[nH]1. The molecule has 5 rings (SSSR count). The Kier molecular flexibility index (Phi) is 5.19. The summed E-state index contributed by atoms with van der Waals surface area (Å²) in [5.74, 6) is 0.936. The van der Waals surface area contributed by atoms with Crippen molar-refractivity contribution in [3.05, 3.63) is 90.0 Å². The number of nitrogens with one attached hydrogen (secondary N) is 2. The van der Waals surface area contributed by atoms with Crippen LogP contribution >= 0.6 is 0 Å². The van der Waals surface area contributed by atoms with Gasteiger partial charge in [-0.3, -0.25) is 9.89 Å². The number of anilines is 1. The van der Waals surface area contributed by atoms with Gasteiger partial charge in [0, 0.05) is 22.4 Å². The molecule has 0 bridgehead atoms. The minimum absolute atomic E-state index is 0.0339. The molecule has 0 atom stereocenters. The topological polar surface area (TPSA) is 110 Å². The summed E-state index contributed by atoms with van der Waals surface area (Å²) in [6, 6.07) is 20.2. The fraction of sp³-hybridized carbons (Fsp3) is 0.0417. The second kappa shape index (κ2) is 8.46. The van der Waals surface area contributed by atoms with E-state index in [-0.39, 0.29) is 5.56 Å². The lowest BCUT2D eigenvalue weighted by atomic mass is 10.1. The van der Waals surface area contributed by atoms with Crippen LogP contribution in [0.1, 0.15) is 16.2 Å². The number of nitrogens with zero attached hydrogens (tertiary/aromatic N) is 4. The van der Waals surface area contributed by atoms with Crippen molar-refractivity contribution in [3.63, 3.8) is 0 Å². The summed E-state index contributed by atoms with van der Waals surface area (Å²) in [5.41, 5.74) is 2.70. The molecule has 3 aromatic carbocycles. The maximum absolute atomic E-state index is 13.9. The predicted molar refractivity (Wildman–Crippen MR) is 120 cm³/mol. The molecule has 0 aliphatic carbocycles. The zero-order chi connectivity index (χ0) is 22.8. The van der Waals surface area contributed by atoms with Crippen molar-refractivity contribution in [1.29, 1.82) is 0 Å². The van der Waals surface area contributed by atoms with Crippen molar-refractivity contribution in [1.82, 2.24) is 25.3 Å². The highest BCUT2D eigenvalue weighted by Crippen LogP contribution is 2.26. The standard InChI is InChI=1S/C24H17FN6O2/c1-14-26-21(30-29-14)15-9-11-16(12-10-15)24-28-22(31-33-24)17-5-4-6-18(13-17)27-23(32)19-7-2-3-8-20(19)25/h2-13H,1H3,(H,27,32)(H,26,29,30). The summed E-state index contributed by atoms with van der Waals surface area (Å²) in [6.45, 7) is 1.84. The molecule has 9 heteroatoms. The summed E-state index contributed by atoms with van der Waals surface area (Å²) in [7, 11) is 0. The van der Waals surface area contributed by atoms with Crippen LogP contribution in [0.25, 0.3) is 34.2 Å². The summed E-state index contributed by atoms with van der Waals surface area (Å²) >= 11 is 0. The number of carbonyl (C=O) groups excluding carboxylic acids is 1. The van der Waals surface area contributed by atoms with Crippen molar-refractivity contribution in [2.45, 2.75) is 6.92 Å². The molecule has 5 aromatic rings. The fourth-order valence-corrected chi connectivity index (χ4v) is 3.27. The smallest absolute Gasteiger partial charge is 0.258 e. The Morgan fingerprint density at radius 3 is 2.45 bits per heavy atom. The number of rotatable bonds is 5. The van der Waals surface area contributed by atoms with Crippen LogP contribution < -0.4 is 5.32 Å². The molecule has 33 heavy (non-hydrogen) atoms. The first-order valence-corrected chi connectivity index (χ1v) is 10.1. The third-order valence-electron chi connectivity index (χ3n) is 4.91. The van der Waals surface area contributed by atoms with Gasteiger partial charge in [0.15, 0.2) is 5.82 Å². The van der Waals surface area contributed by atoms with Crippen LogP contribution in [0.4, 0.5) is 10.1 Å². The molecular weight excluding hydrogens is 423 g/mol. The summed E-state index contributed by atoms with van der Waals surface area (Å²) < 4.78 is 19.3. The van der Waals surface area contributed by atoms with Gasteiger partial charge in [0.05, 0.1) is 5.56 Å². The molecular formula is C24H17FN6O2. The lowest BCUT2D eigenvalue weighted by Crippen LogP contribution is -2.13. The third kappa shape index (κ3) is 4.24. The number of benzene rings is 3. The minimum Gasteiger partial charge on any atom is -0.334 e. The molecule has 2 N–H and O–H groups in total. The predicted octanol–water partition coefficient (Wildman–Crippen LogP) is 4.89. The van der Waals surface area contributed by atoms with Crippen LogP contribution in [0.3, 0.4) is 0 Å². The first kappa shape index (κ1) is 20.3. The number of carbonyl (C=O) groups is 1. The van der Waals surface area contributed by atoms with E-state index in [0.717, 1.165) is 17.0 Å². The minimum atomic E-state index is -0.585. The van der Waals surface area contributed by atoms with Gasteiger partial charge < -0.3 is 9.84 Å². The van der Waals surface area contributed by atoms with Gasteiger partial charge in [-0.25, -0.2) is 9.37 Å². The molecule has 8 nitrogen and oxygen atoms in total. The Morgan fingerprint density at radius 1 is 0.909 bits per heavy atom. The largest absolute Gasteiger partial charge is 0.334 e. The average Bonchev–Trinajstić information content (AvgIpc) is 3.49. The lowest BCUT2D eigenvalue weighted by Gasteiger charge is -2.07. The Morgan fingerprint density at radius 2 is 1.70 bits per heavy atom. The zero-order valence-electron chi connectivity index (χ0n) is 17.4. The van der Waals surface area contributed by atoms with Crippen molar-refractivity contribution >= 4 is 11.6 Å². The van der Waals surface area contributed by atoms with Crippen LogP contribution in [0.5, 0.6) is 0 Å².